The van der Waals surface area contributed by atoms with E-state index in [1.54, 1.807) is 36.5 Å². The number of hydrogen-bond donors (Lipinski definition) is 2. The summed E-state index contributed by atoms with van der Waals surface area (Å²) in [5.41, 5.74) is 4.23. The molecule has 2 heterocycles. The van der Waals surface area contributed by atoms with E-state index in [-0.39, 0.29) is 24.2 Å². The van der Waals surface area contributed by atoms with Crippen LogP contribution in [0.3, 0.4) is 0 Å². The Bertz CT molecular complexity index is 1380. The second-order valence-corrected chi connectivity index (χ2v) is 11.9. The van der Waals surface area contributed by atoms with Crippen molar-refractivity contribution in [1.29, 1.82) is 0 Å². The van der Waals surface area contributed by atoms with E-state index in [1.165, 1.54) is 0 Å². The molecule has 3 N–H and O–H groups in total. The molecule has 1 saturated carbocycles. The Hall–Kier alpha value is -3.36. The number of esters is 1. The number of hydrogen-bond acceptors (Lipinski definition) is 8. The number of benzene rings is 1. The standard InChI is InChI=1S/C33H40N2O6/c1-3-4-7-15-31(16-8-9-17-31)40-30(39)33-29(38)26-11-6-5-10-25(26)28(37)32(33,41-33)20-24(21-36)22(2)12-13-23-14-18-35-27(34)19-23/h5-6,10-11,14,18-19,36H,3-4,7-9,12-13,15-17,20-21H2,1-2H3,(H2,34,35)/b24-22-/t32-,33-/m0/s1. The molecular weight excluding hydrogens is 520 g/mol. The van der Waals surface area contributed by atoms with Gasteiger partial charge in [-0.2, -0.15) is 0 Å². The summed E-state index contributed by atoms with van der Waals surface area (Å²) in [4.78, 5) is 46.2. The first-order chi connectivity index (χ1) is 19.7. The van der Waals surface area contributed by atoms with Gasteiger partial charge < -0.3 is 20.3 Å². The molecule has 0 amide bonds. The molecule has 1 saturated heterocycles. The fraction of sp³-hybridized carbons (Fsp3) is 0.515. The lowest BCUT2D eigenvalue weighted by molar-refractivity contribution is -0.164. The van der Waals surface area contributed by atoms with Gasteiger partial charge in [-0.05, 0) is 81.6 Å². The van der Waals surface area contributed by atoms with Crippen LogP contribution in [0.2, 0.25) is 0 Å². The van der Waals surface area contributed by atoms with Gasteiger partial charge in [0, 0.05) is 23.7 Å². The third kappa shape index (κ3) is 5.12. The van der Waals surface area contributed by atoms with Crippen LogP contribution in [0, 0.1) is 0 Å². The topological polar surface area (TPSA) is 132 Å². The number of aliphatic hydroxyl groups excluding tert-OH is 1. The van der Waals surface area contributed by atoms with Crippen molar-refractivity contribution in [3.05, 3.63) is 70.4 Å². The lowest BCUT2D eigenvalue weighted by atomic mass is 9.71. The molecule has 218 valence electrons. The number of aromatic nitrogens is 1. The molecule has 8 heteroatoms. The van der Waals surface area contributed by atoms with Gasteiger partial charge in [-0.15, -0.1) is 0 Å². The Morgan fingerprint density at radius 1 is 1.10 bits per heavy atom. The van der Waals surface area contributed by atoms with Crippen molar-refractivity contribution in [2.75, 3.05) is 12.3 Å². The summed E-state index contributed by atoms with van der Waals surface area (Å²) >= 11 is 0. The average Bonchev–Trinajstić information content (AvgIpc) is 3.48. The van der Waals surface area contributed by atoms with E-state index in [0.29, 0.717) is 24.2 Å². The molecule has 41 heavy (non-hydrogen) atoms. The summed E-state index contributed by atoms with van der Waals surface area (Å²) in [6, 6.07) is 10.2. The van der Waals surface area contributed by atoms with Crippen LogP contribution < -0.4 is 5.73 Å². The van der Waals surface area contributed by atoms with Crippen molar-refractivity contribution in [1.82, 2.24) is 4.98 Å². The van der Waals surface area contributed by atoms with E-state index in [0.717, 1.165) is 62.5 Å². The number of nitrogens with two attached hydrogens (primary N) is 1. The Labute approximate surface area is 241 Å². The van der Waals surface area contributed by atoms with E-state index >= 15 is 0 Å². The van der Waals surface area contributed by atoms with Crippen LogP contribution >= 0.6 is 0 Å². The number of Topliss-reactive ketones (excluding diaryl/α,β-unsaturated/α-hetero) is 2. The number of ether oxygens (including phenoxy) is 2. The molecule has 0 unspecified atom stereocenters. The summed E-state index contributed by atoms with van der Waals surface area (Å²) < 4.78 is 12.4. The number of epoxide rings is 1. The number of carbonyl (C=O) groups excluding carboxylic acids is 3. The number of nitrogens with zero attached hydrogens (tertiary/aromatic N) is 1. The minimum atomic E-state index is -2.04. The predicted octanol–water partition coefficient (Wildman–Crippen LogP) is 5.32. The van der Waals surface area contributed by atoms with Crippen LogP contribution in [0.5, 0.6) is 0 Å². The second kappa shape index (κ2) is 11.5. The largest absolute Gasteiger partial charge is 0.456 e. The molecule has 0 bridgehead atoms. The molecule has 1 aromatic heterocycles. The second-order valence-electron chi connectivity index (χ2n) is 11.9. The molecule has 5 rings (SSSR count). The molecule has 1 aliphatic heterocycles. The number of allylic oxidation sites excluding steroid dienone is 1. The van der Waals surface area contributed by atoms with Crippen molar-refractivity contribution >= 4 is 23.4 Å². The molecule has 2 fully saturated rings. The highest BCUT2D eigenvalue weighted by molar-refractivity contribution is 6.33. The van der Waals surface area contributed by atoms with Crippen molar-refractivity contribution in [3.63, 3.8) is 0 Å². The molecule has 1 aromatic carbocycles. The number of aryl methyl sites for hydroxylation is 1. The first kappa shape index (κ1) is 29.1. The molecule has 2 aliphatic carbocycles. The van der Waals surface area contributed by atoms with E-state index in [2.05, 4.69) is 11.9 Å². The Balaban J connectivity index is 1.47. The van der Waals surface area contributed by atoms with Crippen LogP contribution in [0.1, 0.15) is 104 Å². The fourth-order valence-electron chi connectivity index (χ4n) is 6.69. The molecular formula is C33H40N2O6. The van der Waals surface area contributed by atoms with Crippen molar-refractivity contribution in [2.24, 2.45) is 0 Å². The van der Waals surface area contributed by atoms with Gasteiger partial charge in [0.05, 0.1) is 6.61 Å². The normalized spacial score (nSPS) is 24.9. The number of unbranched alkanes of at least 4 members (excludes halogenated alkanes) is 2. The zero-order valence-corrected chi connectivity index (χ0v) is 24.0. The number of aliphatic hydroxyl groups is 1. The summed E-state index contributed by atoms with van der Waals surface area (Å²) in [5.74, 6) is -1.30. The van der Waals surface area contributed by atoms with E-state index in [9.17, 15) is 19.5 Å². The predicted molar refractivity (Wildman–Crippen MR) is 154 cm³/mol. The van der Waals surface area contributed by atoms with Crippen molar-refractivity contribution in [2.45, 2.75) is 101 Å². The average molecular weight is 561 g/mol. The number of carbonyl (C=O) groups is 3. The van der Waals surface area contributed by atoms with Crippen LogP contribution in [0.15, 0.2) is 53.7 Å². The van der Waals surface area contributed by atoms with Crippen molar-refractivity contribution < 1.29 is 29.0 Å². The smallest absolute Gasteiger partial charge is 0.350 e. The quantitative estimate of drug-likeness (QED) is 0.117. The number of pyridine rings is 1. The van der Waals surface area contributed by atoms with Gasteiger partial charge in [-0.1, -0.05) is 49.6 Å². The Morgan fingerprint density at radius 2 is 1.80 bits per heavy atom. The van der Waals surface area contributed by atoms with Gasteiger partial charge in [0.15, 0.2) is 11.4 Å². The third-order valence-electron chi connectivity index (χ3n) is 9.20. The number of anilines is 1. The number of rotatable bonds is 12. The van der Waals surface area contributed by atoms with Gasteiger partial charge in [0.1, 0.15) is 11.4 Å². The highest BCUT2D eigenvalue weighted by Gasteiger charge is 2.86. The molecule has 8 nitrogen and oxygen atoms in total. The van der Waals surface area contributed by atoms with Crippen LogP contribution in [0.4, 0.5) is 5.82 Å². The summed E-state index contributed by atoms with van der Waals surface area (Å²) in [7, 11) is 0. The number of fused-ring (bicyclic) bond motifs is 2. The lowest BCUT2D eigenvalue weighted by Gasteiger charge is -2.32. The zero-order valence-electron chi connectivity index (χ0n) is 24.0. The van der Waals surface area contributed by atoms with E-state index < -0.39 is 34.3 Å². The first-order valence-corrected chi connectivity index (χ1v) is 14.8. The van der Waals surface area contributed by atoms with Crippen LogP contribution in [0.25, 0.3) is 0 Å². The SMILES string of the molecule is CCCCCC1(OC(=O)[C@]23O[C@@]2(C/C(CO)=C(\C)CCc2ccnc(N)c2)C(=O)c2ccccc2C3=O)CCCC1. The van der Waals surface area contributed by atoms with Gasteiger partial charge in [-0.25, -0.2) is 9.78 Å². The zero-order chi connectivity index (χ0) is 29.3. The molecule has 2 aromatic rings. The Morgan fingerprint density at radius 3 is 2.46 bits per heavy atom. The maximum atomic E-state index is 14.1. The third-order valence-corrected chi connectivity index (χ3v) is 9.20. The highest BCUT2D eigenvalue weighted by Crippen LogP contribution is 2.60. The summed E-state index contributed by atoms with van der Waals surface area (Å²) in [5, 5.41) is 10.4. The van der Waals surface area contributed by atoms with Gasteiger partial charge in [-0.3, -0.25) is 9.59 Å². The lowest BCUT2D eigenvalue weighted by Crippen LogP contribution is -2.52. The fourth-order valence-corrected chi connectivity index (χ4v) is 6.69. The molecule has 2 atom stereocenters. The minimum absolute atomic E-state index is 0.0648. The van der Waals surface area contributed by atoms with Gasteiger partial charge >= 0.3 is 5.97 Å². The number of nitrogen functional groups attached to an aromatic ring is 1. The molecule has 0 radical (unpaired) electrons. The monoisotopic (exact) mass is 560 g/mol. The van der Waals surface area contributed by atoms with Crippen LogP contribution in [-0.4, -0.2) is 51.0 Å². The van der Waals surface area contributed by atoms with E-state index in [4.69, 9.17) is 15.2 Å². The summed E-state index contributed by atoms with van der Waals surface area (Å²) in [6.07, 6.45) is 9.95. The van der Waals surface area contributed by atoms with Crippen molar-refractivity contribution in [3.8, 4) is 0 Å². The minimum Gasteiger partial charge on any atom is -0.456 e. The molecule has 3 aliphatic rings. The van der Waals surface area contributed by atoms with E-state index in [1.807, 2.05) is 13.0 Å². The highest BCUT2D eigenvalue weighted by atomic mass is 16.7. The maximum absolute atomic E-state index is 14.1. The van der Waals surface area contributed by atoms with Gasteiger partial charge in [0.25, 0.3) is 5.60 Å². The first-order valence-electron chi connectivity index (χ1n) is 14.8. The van der Waals surface area contributed by atoms with Crippen LogP contribution in [-0.2, 0) is 20.7 Å². The maximum Gasteiger partial charge on any atom is 0.350 e. The summed E-state index contributed by atoms with van der Waals surface area (Å²) in [6.45, 7) is 3.69. The Kier molecular flexibility index (Phi) is 8.17. The number of ketones is 2. The molecule has 0 spiro atoms. The van der Waals surface area contributed by atoms with Gasteiger partial charge in [0.2, 0.25) is 5.78 Å².